The molecular weight excluding hydrogens is 136 g/mol. The van der Waals surface area contributed by atoms with E-state index in [2.05, 4.69) is 19.1 Å². The van der Waals surface area contributed by atoms with Crippen LogP contribution in [0.5, 0.6) is 0 Å². The smallest absolute Gasteiger partial charge is 0.225 e. The summed E-state index contributed by atoms with van der Waals surface area (Å²) in [6.45, 7) is 2.12. The van der Waals surface area contributed by atoms with Crippen molar-refractivity contribution in [2.75, 3.05) is 0 Å². The third kappa shape index (κ3) is 9.15. The van der Waals surface area contributed by atoms with Gasteiger partial charge in [-0.05, 0) is 31.8 Å². The second kappa shape index (κ2) is 9.15. The van der Waals surface area contributed by atoms with E-state index in [1.54, 1.807) is 6.29 Å². The van der Waals surface area contributed by atoms with Crippen LogP contribution in [0.4, 0.5) is 0 Å². The van der Waals surface area contributed by atoms with Gasteiger partial charge in [0.05, 0.1) is 0 Å². The maximum atomic E-state index is 9.71. The van der Waals surface area contributed by atoms with Crippen LogP contribution in [0.1, 0.15) is 32.6 Å². The molecule has 0 aromatic heterocycles. The van der Waals surface area contributed by atoms with E-state index in [9.17, 15) is 4.79 Å². The topological polar surface area (TPSA) is 17.1 Å². The molecular formula is C10H15O. The summed E-state index contributed by atoms with van der Waals surface area (Å²) in [7, 11) is 0. The summed E-state index contributed by atoms with van der Waals surface area (Å²) in [5.41, 5.74) is 0. The molecule has 0 fully saturated rings. The van der Waals surface area contributed by atoms with Gasteiger partial charge in [-0.3, -0.25) is 4.79 Å². The Balaban J connectivity index is 3.08. The molecule has 0 atom stereocenters. The van der Waals surface area contributed by atoms with Gasteiger partial charge in [-0.15, -0.1) is 0 Å². The summed E-state index contributed by atoms with van der Waals surface area (Å²) < 4.78 is 0. The first-order valence-electron chi connectivity index (χ1n) is 4.09. The van der Waals surface area contributed by atoms with Crippen LogP contribution in [0.25, 0.3) is 0 Å². The summed E-state index contributed by atoms with van der Waals surface area (Å²) in [4.78, 5) is 9.71. The Labute approximate surface area is 68.8 Å². The molecule has 0 unspecified atom stereocenters. The first kappa shape index (κ1) is 10.2. The largest absolute Gasteiger partial charge is 0.286 e. The molecule has 0 rings (SSSR count). The van der Waals surface area contributed by atoms with Crippen molar-refractivity contribution in [2.45, 2.75) is 32.6 Å². The number of rotatable bonds is 6. The number of hydrogen-bond acceptors (Lipinski definition) is 1. The minimum atomic E-state index is 0.975. The van der Waals surface area contributed by atoms with Gasteiger partial charge >= 0.3 is 0 Å². The molecule has 0 aliphatic heterocycles. The summed E-state index contributed by atoms with van der Waals surface area (Å²) in [5, 5.41) is 0. The fourth-order valence-corrected chi connectivity index (χ4v) is 0.770. The Hall–Kier alpha value is -0.850. The van der Waals surface area contributed by atoms with Gasteiger partial charge in [0.15, 0.2) is 0 Å². The Morgan fingerprint density at radius 2 is 1.91 bits per heavy atom. The van der Waals surface area contributed by atoms with Crippen LogP contribution in [-0.4, -0.2) is 6.29 Å². The minimum absolute atomic E-state index is 0.975. The lowest BCUT2D eigenvalue weighted by Gasteiger charge is -1.87. The van der Waals surface area contributed by atoms with E-state index in [4.69, 9.17) is 0 Å². The van der Waals surface area contributed by atoms with Crippen molar-refractivity contribution in [2.24, 2.45) is 0 Å². The van der Waals surface area contributed by atoms with Crippen molar-refractivity contribution >= 4 is 6.29 Å². The summed E-state index contributed by atoms with van der Waals surface area (Å²) in [6.07, 6.45) is 13.7. The second-order valence-corrected chi connectivity index (χ2v) is 2.33. The Morgan fingerprint density at radius 1 is 1.18 bits per heavy atom. The van der Waals surface area contributed by atoms with E-state index in [-0.39, 0.29) is 0 Å². The van der Waals surface area contributed by atoms with Crippen LogP contribution < -0.4 is 0 Å². The van der Waals surface area contributed by atoms with E-state index in [0.29, 0.717) is 0 Å². The van der Waals surface area contributed by atoms with Crippen molar-refractivity contribution in [3.05, 3.63) is 24.3 Å². The van der Waals surface area contributed by atoms with E-state index in [1.807, 2.05) is 6.08 Å². The monoisotopic (exact) mass is 151 g/mol. The van der Waals surface area contributed by atoms with Gasteiger partial charge in [-0.2, -0.15) is 0 Å². The maximum absolute atomic E-state index is 9.71. The zero-order valence-electron chi connectivity index (χ0n) is 7.05. The van der Waals surface area contributed by atoms with Crippen LogP contribution >= 0.6 is 0 Å². The molecule has 1 heteroatoms. The molecule has 0 aromatic rings. The van der Waals surface area contributed by atoms with Crippen molar-refractivity contribution in [3.63, 3.8) is 0 Å². The maximum Gasteiger partial charge on any atom is 0.225 e. The SMILES string of the molecule is CCC=CCCCC=C[C]=O. The van der Waals surface area contributed by atoms with Crippen molar-refractivity contribution in [3.8, 4) is 0 Å². The Kier molecular flexibility index (Phi) is 8.44. The van der Waals surface area contributed by atoms with Gasteiger partial charge in [0, 0.05) is 0 Å². The van der Waals surface area contributed by atoms with Crippen molar-refractivity contribution in [1.29, 1.82) is 0 Å². The highest BCUT2D eigenvalue weighted by molar-refractivity contribution is 5.65. The lowest BCUT2D eigenvalue weighted by molar-refractivity contribution is 0.564. The molecule has 0 saturated heterocycles. The van der Waals surface area contributed by atoms with Gasteiger partial charge in [0.1, 0.15) is 0 Å². The van der Waals surface area contributed by atoms with E-state index in [0.717, 1.165) is 25.7 Å². The summed E-state index contributed by atoms with van der Waals surface area (Å²) in [6, 6.07) is 0. The lowest BCUT2D eigenvalue weighted by Crippen LogP contribution is -1.69. The first-order valence-corrected chi connectivity index (χ1v) is 4.09. The number of carbonyl (C=O) groups excluding carboxylic acids is 1. The molecule has 1 nitrogen and oxygen atoms in total. The number of unbranched alkanes of at least 4 members (excludes halogenated alkanes) is 2. The second-order valence-electron chi connectivity index (χ2n) is 2.33. The predicted molar refractivity (Wildman–Crippen MR) is 48.1 cm³/mol. The third-order valence-electron chi connectivity index (χ3n) is 1.33. The van der Waals surface area contributed by atoms with E-state index < -0.39 is 0 Å². The van der Waals surface area contributed by atoms with Crippen LogP contribution in [0.3, 0.4) is 0 Å². The van der Waals surface area contributed by atoms with Crippen molar-refractivity contribution in [1.82, 2.24) is 0 Å². The highest BCUT2D eigenvalue weighted by Gasteiger charge is 1.79. The molecule has 0 N–H and O–H groups in total. The average molecular weight is 151 g/mol. The highest BCUT2D eigenvalue weighted by atomic mass is 16.1. The minimum Gasteiger partial charge on any atom is -0.286 e. The van der Waals surface area contributed by atoms with Crippen molar-refractivity contribution < 1.29 is 4.79 Å². The zero-order chi connectivity index (χ0) is 8.36. The Morgan fingerprint density at radius 3 is 2.55 bits per heavy atom. The standard InChI is InChI=1S/C10H15O/c1-2-3-4-5-6-7-8-9-10-11/h3-4,8-9H,2,5-7H2,1H3. The van der Waals surface area contributed by atoms with Gasteiger partial charge in [-0.1, -0.05) is 25.2 Å². The fraction of sp³-hybridized carbons (Fsp3) is 0.500. The molecule has 11 heavy (non-hydrogen) atoms. The molecule has 0 saturated carbocycles. The summed E-state index contributed by atoms with van der Waals surface area (Å²) >= 11 is 0. The number of hydrogen-bond donors (Lipinski definition) is 0. The molecule has 0 aliphatic rings. The highest BCUT2D eigenvalue weighted by Crippen LogP contribution is 1.97. The third-order valence-corrected chi connectivity index (χ3v) is 1.33. The summed E-state index contributed by atoms with van der Waals surface area (Å²) in [5.74, 6) is 0. The van der Waals surface area contributed by atoms with Crippen LogP contribution in [-0.2, 0) is 4.79 Å². The molecule has 0 spiro atoms. The van der Waals surface area contributed by atoms with Crippen LogP contribution in [0.2, 0.25) is 0 Å². The normalized spacial score (nSPS) is 11.4. The molecule has 0 amide bonds. The lowest BCUT2D eigenvalue weighted by atomic mass is 10.2. The van der Waals surface area contributed by atoms with E-state index in [1.165, 1.54) is 6.08 Å². The van der Waals surface area contributed by atoms with Gasteiger partial charge in [-0.25, -0.2) is 0 Å². The molecule has 1 radical (unpaired) electrons. The molecule has 0 heterocycles. The van der Waals surface area contributed by atoms with Gasteiger partial charge in [0.25, 0.3) is 0 Å². The molecule has 0 aromatic carbocycles. The molecule has 0 bridgehead atoms. The zero-order valence-corrected chi connectivity index (χ0v) is 7.05. The van der Waals surface area contributed by atoms with Gasteiger partial charge in [0.2, 0.25) is 6.29 Å². The van der Waals surface area contributed by atoms with Crippen LogP contribution in [0.15, 0.2) is 24.3 Å². The average Bonchev–Trinajstić information content (AvgIpc) is 2.03. The van der Waals surface area contributed by atoms with Crippen LogP contribution in [0, 0.1) is 0 Å². The molecule has 61 valence electrons. The van der Waals surface area contributed by atoms with Gasteiger partial charge < -0.3 is 0 Å². The number of allylic oxidation sites excluding steroid dienone is 4. The van der Waals surface area contributed by atoms with E-state index >= 15 is 0 Å². The first-order chi connectivity index (χ1) is 5.41. The quantitative estimate of drug-likeness (QED) is 0.324. The predicted octanol–water partition coefficient (Wildman–Crippen LogP) is 2.79. The molecule has 0 aliphatic carbocycles. The Bertz CT molecular complexity index is 134. The fourth-order valence-electron chi connectivity index (χ4n) is 0.770.